The quantitative estimate of drug-likeness (QED) is 0.711. The second kappa shape index (κ2) is 6.84. The van der Waals surface area contributed by atoms with E-state index in [-0.39, 0.29) is 11.9 Å². The Labute approximate surface area is 152 Å². The zero-order valence-electron chi connectivity index (χ0n) is 14.4. The summed E-state index contributed by atoms with van der Waals surface area (Å²) in [6.45, 7) is 0. The Balaban J connectivity index is 1.81. The van der Waals surface area contributed by atoms with Crippen molar-refractivity contribution < 1.29 is 9.53 Å². The molecule has 1 amide bonds. The van der Waals surface area contributed by atoms with E-state index in [4.69, 9.17) is 4.74 Å². The van der Waals surface area contributed by atoms with Crippen LogP contribution in [0.25, 0.3) is 5.57 Å². The van der Waals surface area contributed by atoms with E-state index in [1.807, 2.05) is 72.8 Å². The van der Waals surface area contributed by atoms with E-state index in [2.05, 4.69) is 4.98 Å². The van der Waals surface area contributed by atoms with Gasteiger partial charge in [0.25, 0.3) is 5.91 Å². The third-order valence-corrected chi connectivity index (χ3v) is 4.49. The van der Waals surface area contributed by atoms with E-state index in [0.717, 1.165) is 28.3 Å². The number of aromatic nitrogens is 1. The van der Waals surface area contributed by atoms with E-state index in [9.17, 15) is 4.79 Å². The van der Waals surface area contributed by atoms with E-state index in [1.165, 1.54) is 0 Å². The maximum absolute atomic E-state index is 12.9. The van der Waals surface area contributed by atoms with E-state index < -0.39 is 0 Å². The number of pyridine rings is 1. The molecule has 128 valence electrons. The molecule has 26 heavy (non-hydrogen) atoms. The Kier molecular flexibility index (Phi) is 4.23. The van der Waals surface area contributed by atoms with Gasteiger partial charge in [0.15, 0.2) is 0 Å². The minimum Gasteiger partial charge on any atom is -0.497 e. The van der Waals surface area contributed by atoms with Gasteiger partial charge in [-0.2, -0.15) is 0 Å². The Bertz CT molecular complexity index is 935. The van der Waals surface area contributed by atoms with Gasteiger partial charge in [0.1, 0.15) is 11.8 Å². The molecule has 1 atom stereocenters. The smallest absolute Gasteiger partial charge is 0.252 e. The van der Waals surface area contributed by atoms with Crippen LogP contribution in [0.3, 0.4) is 0 Å². The van der Waals surface area contributed by atoms with Crippen LogP contribution in [0.5, 0.6) is 5.75 Å². The highest BCUT2D eigenvalue weighted by molar-refractivity contribution is 6.13. The predicted octanol–water partition coefficient (Wildman–Crippen LogP) is 4.26. The number of amides is 1. The molecule has 4 nitrogen and oxygen atoms in total. The van der Waals surface area contributed by atoms with Crippen LogP contribution in [0.4, 0.5) is 5.69 Å². The summed E-state index contributed by atoms with van der Waals surface area (Å²) in [6, 6.07) is 23.0. The summed E-state index contributed by atoms with van der Waals surface area (Å²) in [7, 11) is 1.63. The molecule has 0 saturated heterocycles. The van der Waals surface area contributed by atoms with Gasteiger partial charge in [-0.25, -0.2) is 0 Å². The van der Waals surface area contributed by atoms with Crippen molar-refractivity contribution in [1.82, 2.24) is 4.98 Å². The van der Waals surface area contributed by atoms with Crippen LogP contribution in [0, 0.1) is 0 Å². The van der Waals surface area contributed by atoms with Crippen LogP contribution in [0.15, 0.2) is 85.1 Å². The van der Waals surface area contributed by atoms with Gasteiger partial charge in [-0.3, -0.25) is 14.7 Å². The van der Waals surface area contributed by atoms with Crippen molar-refractivity contribution in [3.63, 3.8) is 0 Å². The van der Waals surface area contributed by atoms with Crippen LogP contribution in [0.2, 0.25) is 0 Å². The fraction of sp³-hybridized carbons (Fsp3) is 0.0909. The van der Waals surface area contributed by atoms with Gasteiger partial charge in [-0.1, -0.05) is 36.4 Å². The predicted molar refractivity (Wildman–Crippen MR) is 102 cm³/mol. The molecule has 0 spiro atoms. The molecule has 1 aromatic heterocycles. The maximum Gasteiger partial charge on any atom is 0.252 e. The molecule has 0 fully saturated rings. The summed E-state index contributed by atoms with van der Waals surface area (Å²) in [5, 5.41) is 0. The monoisotopic (exact) mass is 342 g/mol. The summed E-state index contributed by atoms with van der Waals surface area (Å²) < 4.78 is 5.23. The lowest BCUT2D eigenvalue weighted by atomic mass is 9.97. The van der Waals surface area contributed by atoms with Crippen LogP contribution in [0.1, 0.15) is 17.3 Å². The molecule has 4 rings (SSSR count). The number of carbonyl (C=O) groups excluding carboxylic acids is 1. The van der Waals surface area contributed by atoms with Crippen molar-refractivity contribution >= 4 is 17.2 Å². The molecule has 3 aromatic rings. The van der Waals surface area contributed by atoms with Crippen LogP contribution in [-0.2, 0) is 4.79 Å². The number of nitrogens with zero attached hydrogens (tertiary/aromatic N) is 2. The third-order valence-electron chi connectivity index (χ3n) is 4.49. The highest BCUT2D eigenvalue weighted by Gasteiger charge is 2.36. The largest absolute Gasteiger partial charge is 0.497 e. The van der Waals surface area contributed by atoms with Crippen molar-refractivity contribution in [2.45, 2.75) is 6.04 Å². The van der Waals surface area contributed by atoms with Crippen molar-refractivity contribution in [3.8, 4) is 5.75 Å². The van der Waals surface area contributed by atoms with Gasteiger partial charge < -0.3 is 4.74 Å². The first-order valence-electron chi connectivity index (χ1n) is 8.43. The van der Waals surface area contributed by atoms with Crippen molar-refractivity contribution in [2.24, 2.45) is 0 Å². The molecule has 0 saturated carbocycles. The van der Waals surface area contributed by atoms with Gasteiger partial charge in [-0.05, 0) is 47.5 Å². The fourth-order valence-corrected chi connectivity index (χ4v) is 3.27. The normalized spacial score (nSPS) is 16.5. The van der Waals surface area contributed by atoms with Crippen molar-refractivity contribution in [3.05, 3.63) is 96.3 Å². The van der Waals surface area contributed by atoms with Crippen LogP contribution >= 0.6 is 0 Å². The Morgan fingerprint density at radius 3 is 2.31 bits per heavy atom. The van der Waals surface area contributed by atoms with E-state index in [0.29, 0.717) is 0 Å². The summed E-state index contributed by atoms with van der Waals surface area (Å²) in [6.07, 6.45) is 3.46. The number of rotatable bonds is 4. The number of methoxy groups -OCH3 is 1. The minimum atomic E-state index is -0.264. The molecule has 2 heterocycles. The number of benzene rings is 2. The molecule has 0 aliphatic carbocycles. The molecule has 1 unspecified atom stereocenters. The standard InChI is InChI=1S/C22H18N2O2/c1-26-18-12-10-17(11-13-18)24-21(25)15-19(16-7-3-2-4-8-16)22(24)20-9-5-6-14-23-20/h2-15,22H,1H3. The summed E-state index contributed by atoms with van der Waals surface area (Å²) >= 11 is 0. The lowest BCUT2D eigenvalue weighted by Gasteiger charge is -2.27. The Morgan fingerprint density at radius 2 is 1.65 bits per heavy atom. The van der Waals surface area contributed by atoms with Gasteiger partial charge in [0, 0.05) is 18.0 Å². The first-order chi connectivity index (χ1) is 12.8. The number of ether oxygens (including phenoxy) is 1. The average Bonchev–Trinajstić information content (AvgIpc) is 3.06. The minimum absolute atomic E-state index is 0.0512. The van der Waals surface area contributed by atoms with Crippen molar-refractivity contribution in [2.75, 3.05) is 12.0 Å². The molecule has 2 aromatic carbocycles. The highest BCUT2D eigenvalue weighted by atomic mass is 16.5. The molecule has 0 N–H and O–H groups in total. The third kappa shape index (κ3) is 2.86. The van der Waals surface area contributed by atoms with Gasteiger partial charge >= 0.3 is 0 Å². The molecule has 1 aliphatic heterocycles. The van der Waals surface area contributed by atoms with Crippen LogP contribution in [-0.4, -0.2) is 18.0 Å². The number of carbonyl (C=O) groups is 1. The molecular formula is C22H18N2O2. The lowest BCUT2D eigenvalue weighted by Crippen LogP contribution is -2.29. The summed E-state index contributed by atoms with van der Waals surface area (Å²) in [5.74, 6) is 0.704. The Hall–Kier alpha value is -3.40. The van der Waals surface area contributed by atoms with Gasteiger partial charge in [0.05, 0.1) is 12.8 Å². The Morgan fingerprint density at radius 1 is 0.923 bits per heavy atom. The lowest BCUT2D eigenvalue weighted by molar-refractivity contribution is -0.113. The zero-order chi connectivity index (χ0) is 17.9. The molecule has 4 heteroatoms. The second-order valence-corrected chi connectivity index (χ2v) is 6.03. The number of anilines is 1. The molecule has 0 radical (unpaired) electrons. The zero-order valence-corrected chi connectivity index (χ0v) is 14.4. The fourth-order valence-electron chi connectivity index (χ4n) is 3.27. The maximum atomic E-state index is 12.9. The molecular weight excluding hydrogens is 324 g/mol. The second-order valence-electron chi connectivity index (χ2n) is 6.03. The van der Waals surface area contributed by atoms with Gasteiger partial charge in [0.2, 0.25) is 0 Å². The average molecular weight is 342 g/mol. The van der Waals surface area contributed by atoms with Crippen molar-refractivity contribution in [1.29, 1.82) is 0 Å². The van der Waals surface area contributed by atoms with E-state index >= 15 is 0 Å². The molecule has 0 bridgehead atoms. The summed E-state index contributed by atoms with van der Waals surface area (Å²) in [4.78, 5) is 19.2. The first kappa shape index (κ1) is 16.1. The SMILES string of the molecule is COc1ccc(N2C(=O)C=C(c3ccccc3)C2c2ccccn2)cc1. The van der Waals surface area contributed by atoms with Crippen LogP contribution < -0.4 is 9.64 Å². The topological polar surface area (TPSA) is 42.4 Å². The van der Waals surface area contributed by atoms with Gasteiger partial charge in [-0.15, -0.1) is 0 Å². The first-order valence-corrected chi connectivity index (χ1v) is 8.43. The number of hydrogen-bond acceptors (Lipinski definition) is 3. The van der Waals surface area contributed by atoms with E-state index in [1.54, 1.807) is 24.3 Å². The highest BCUT2D eigenvalue weighted by Crippen LogP contribution is 2.42. The molecule has 1 aliphatic rings. The summed E-state index contributed by atoms with van der Waals surface area (Å²) in [5.41, 5.74) is 3.62. The number of hydrogen-bond donors (Lipinski definition) is 0.